The number of benzene rings is 1. The van der Waals surface area contributed by atoms with Gasteiger partial charge < -0.3 is 24.0 Å². The Morgan fingerprint density at radius 3 is 2.69 bits per heavy atom. The van der Waals surface area contributed by atoms with Crippen molar-refractivity contribution in [1.29, 1.82) is 0 Å². The van der Waals surface area contributed by atoms with Crippen molar-refractivity contribution in [1.82, 2.24) is 29.7 Å². The molecule has 14 heteroatoms. The molecule has 1 amide bonds. The minimum Gasteiger partial charge on any atom is -0.461 e. The molecule has 4 atom stereocenters. The van der Waals surface area contributed by atoms with Crippen molar-refractivity contribution in [3.8, 4) is 17.3 Å². The van der Waals surface area contributed by atoms with E-state index in [0.717, 1.165) is 70.4 Å². The second-order valence-electron chi connectivity index (χ2n) is 16.5. The van der Waals surface area contributed by atoms with E-state index in [2.05, 4.69) is 14.7 Å². The van der Waals surface area contributed by atoms with Gasteiger partial charge in [0.25, 0.3) is 0 Å². The van der Waals surface area contributed by atoms with E-state index in [1.54, 1.807) is 12.3 Å². The fourth-order valence-electron chi connectivity index (χ4n) is 10.2. The van der Waals surface area contributed by atoms with Crippen molar-refractivity contribution in [3.63, 3.8) is 0 Å². The van der Waals surface area contributed by atoms with Crippen molar-refractivity contribution in [2.45, 2.75) is 80.2 Å². The fraction of sp³-hybridized carbons (Fsp3) is 0.600. The first kappa shape index (κ1) is 35.0. The molecule has 8 heterocycles. The maximum absolute atomic E-state index is 17.0. The summed E-state index contributed by atoms with van der Waals surface area (Å²) in [4.78, 5) is 36.7. The van der Waals surface area contributed by atoms with Gasteiger partial charge in [-0.2, -0.15) is 9.97 Å². The maximum Gasteiger partial charge on any atom is 0.319 e. The largest absolute Gasteiger partial charge is 0.461 e. The summed E-state index contributed by atoms with van der Waals surface area (Å²) >= 11 is 6.67. The number of nitrogens with zero attached hydrogens (tertiary/aromatic N) is 7. The van der Waals surface area contributed by atoms with Gasteiger partial charge in [0.1, 0.15) is 35.3 Å². The molecule has 1 saturated carbocycles. The predicted molar refractivity (Wildman–Crippen MR) is 199 cm³/mol. The van der Waals surface area contributed by atoms with Crippen molar-refractivity contribution in [3.05, 3.63) is 53.0 Å². The Labute approximate surface area is 318 Å². The lowest BCUT2D eigenvalue weighted by Gasteiger charge is -2.55. The van der Waals surface area contributed by atoms with Crippen molar-refractivity contribution in [2.24, 2.45) is 0 Å². The van der Waals surface area contributed by atoms with Crippen molar-refractivity contribution < 1.29 is 27.8 Å². The lowest BCUT2D eigenvalue weighted by Crippen LogP contribution is -2.72. The normalized spacial score (nSPS) is 29.4. The molecular weight excluding hydrogens is 716 g/mol. The molecule has 11 nitrogen and oxygen atoms in total. The van der Waals surface area contributed by atoms with Crippen LogP contribution in [0.5, 0.6) is 6.01 Å². The lowest BCUT2D eigenvalue weighted by atomic mass is 9.91. The SMILES string of the molecule is O=C(/C=C/CN1[C@@H]2CC[C@H]1COC2)N1CCN(c2nc(OC[C@@]34CCCN3C[C@H](F)C4)nc3c(F)c(-c4cccc(Cl)c4C4CC4)ncc23)CC12COC2. The first-order valence-corrected chi connectivity index (χ1v) is 20.0. The third-order valence-electron chi connectivity index (χ3n) is 13.1. The molecule has 6 saturated heterocycles. The van der Waals surface area contributed by atoms with E-state index in [-0.39, 0.29) is 35.7 Å². The summed E-state index contributed by atoms with van der Waals surface area (Å²) in [6, 6.07) is 6.42. The van der Waals surface area contributed by atoms with Crippen LogP contribution in [0.1, 0.15) is 56.4 Å². The molecule has 10 rings (SSSR count). The Morgan fingerprint density at radius 2 is 1.91 bits per heavy atom. The number of hydrogen-bond acceptors (Lipinski definition) is 10. The summed E-state index contributed by atoms with van der Waals surface area (Å²) in [5.74, 6) is 0.163. The van der Waals surface area contributed by atoms with E-state index in [9.17, 15) is 9.18 Å². The summed E-state index contributed by atoms with van der Waals surface area (Å²) in [5.41, 5.74) is 0.890. The zero-order chi connectivity index (χ0) is 36.6. The highest BCUT2D eigenvalue weighted by Crippen LogP contribution is 2.48. The number of rotatable bonds is 9. The summed E-state index contributed by atoms with van der Waals surface area (Å²) in [6.07, 6.45) is 10.9. The smallest absolute Gasteiger partial charge is 0.319 e. The van der Waals surface area contributed by atoms with Gasteiger partial charge in [0.05, 0.1) is 37.4 Å². The number of carbonyl (C=O) groups excluding carboxylic acids is 1. The third-order valence-corrected chi connectivity index (χ3v) is 13.4. The number of amides is 1. The minimum atomic E-state index is -0.907. The number of aromatic nitrogens is 3. The molecule has 1 aliphatic carbocycles. The highest BCUT2D eigenvalue weighted by Gasteiger charge is 2.51. The number of fused-ring (bicyclic) bond motifs is 4. The summed E-state index contributed by atoms with van der Waals surface area (Å²) in [5, 5.41) is 1.06. The molecule has 2 bridgehead atoms. The molecule has 3 aromatic rings. The van der Waals surface area contributed by atoms with Crippen molar-refractivity contribution in [2.75, 3.05) is 77.2 Å². The van der Waals surface area contributed by atoms with Crippen LogP contribution in [0.3, 0.4) is 0 Å². The number of carbonyl (C=O) groups is 1. The van der Waals surface area contributed by atoms with Gasteiger partial charge in [-0.1, -0.05) is 29.8 Å². The van der Waals surface area contributed by atoms with Crippen LogP contribution in [0.4, 0.5) is 14.6 Å². The number of morpholine rings is 1. The lowest BCUT2D eigenvalue weighted by molar-refractivity contribution is -0.164. The first-order valence-electron chi connectivity index (χ1n) is 19.6. The molecule has 7 aliphatic rings. The van der Waals surface area contributed by atoms with E-state index in [1.807, 2.05) is 29.2 Å². The zero-order valence-corrected chi connectivity index (χ0v) is 31.2. The zero-order valence-electron chi connectivity index (χ0n) is 30.4. The number of pyridine rings is 1. The highest BCUT2D eigenvalue weighted by molar-refractivity contribution is 6.32. The Hall–Kier alpha value is -3.49. The average molecular weight is 762 g/mol. The number of anilines is 1. The third kappa shape index (κ3) is 5.96. The van der Waals surface area contributed by atoms with Gasteiger partial charge in [0, 0.05) is 74.1 Å². The van der Waals surface area contributed by atoms with Crippen LogP contribution in [-0.2, 0) is 14.3 Å². The van der Waals surface area contributed by atoms with Gasteiger partial charge in [0.2, 0.25) is 5.91 Å². The second-order valence-corrected chi connectivity index (χ2v) is 16.9. The van der Waals surface area contributed by atoms with Gasteiger partial charge in [-0.15, -0.1) is 0 Å². The molecule has 2 aromatic heterocycles. The first-order chi connectivity index (χ1) is 26.3. The molecule has 0 N–H and O–H groups in total. The Morgan fingerprint density at radius 1 is 1.07 bits per heavy atom. The van der Waals surface area contributed by atoms with Gasteiger partial charge in [-0.25, -0.2) is 8.78 Å². The van der Waals surface area contributed by atoms with Crippen LogP contribution in [-0.4, -0.2) is 137 Å². The molecule has 1 aromatic carbocycles. The van der Waals surface area contributed by atoms with Gasteiger partial charge in [-0.3, -0.25) is 19.6 Å². The van der Waals surface area contributed by atoms with E-state index in [0.29, 0.717) is 79.7 Å². The van der Waals surface area contributed by atoms with Gasteiger partial charge in [-0.05, 0) is 62.6 Å². The van der Waals surface area contributed by atoms with E-state index in [4.69, 9.17) is 40.8 Å². The Kier molecular flexibility index (Phi) is 8.81. The van der Waals surface area contributed by atoms with Crippen LogP contribution < -0.4 is 9.64 Å². The van der Waals surface area contributed by atoms with Crippen molar-refractivity contribution >= 4 is 34.2 Å². The molecule has 54 heavy (non-hydrogen) atoms. The summed E-state index contributed by atoms with van der Waals surface area (Å²) in [6.45, 7) is 5.81. The van der Waals surface area contributed by atoms with Crippen LogP contribution in [0.25, 0.3) is 22.2 Å². The molecule has 0 unspecified atom stereocenters. The fourth-order valence-corrected chi connectivity index (χ4v) is 10.5. The molecule has 0 radical (unpaired) electrons. The van der Waals surface area contributed by atoms with Crippen LogP contribution in [0.2, 0.25) is 5.02 Å². The van der Waals surface area contributed by atoms with E-state index >= 15 is 4.39 Å². The average Bonchev–Trinajstić information content (AvgIpc) is 3.80. The number of piperazine rings is 1. The summed E-state index contributed by atoms with van der Waals surface area (Å²) < 4.78 is 49.5. The molecular formula is C40H46ClF2N7O4. The number of ether oxygens (including phenoxy) is 3. The summed E-state index contributed by atoms with van der Waals surface area (Å²) in [7, 11) is 0. The molecule has 6 aliphatic heterocycles. The number of halogens is 3. The van der Waals surface area contributed by atoms with E-state index in [1.165, 1.54) is 0 Å². The van der Waals surface area contributed by atoms with E-state index < -0.39 is 23.1 Å². The monoisotopic (exact) mass is 761 g/mol. The number of hydrogen-bond donors (Lipinski definition) is 0. The maximum atomic E-state index is 17.0. The highest BCUT2D eigenvalue weighted by atomic mass is 35.5. The quantitative estimate of drug-likeness (QED) is 0.273. The predicted octanol–water partition coefficient (Wildman–Crippen LogP) is 5.15. The van der Waals surface area contributed by atoms with Gasteiger partial charge >= 0.3 is 6.01 Å². The standard InChI is InChI=1S/C40H46ClF2N7O4/c41-31-5-1-4-29(33(31)25-7-8-25)35-34(43)36-30(17-44-35)37(46-38(45-36)54-24-39-11-3-12-48(39)18-26(42)16-39)47-14-15-50(40(21-47)22-53-23-40)32(51)6-2-13-49-27-9-10-28(49)20-52-19-27/h1-2,4-6,17,25-28H,3,7-16,18-24H2/b6-2+/t26-,27-,28+,39+/m1/s1. The number of alkyl halides is 1. The Bertz CT molecular complexity index is 1980. The van der Waals surface area contributed by atoms with Crippen LogP contribution >= 0.6 is 11.6 Å². The topological polar surface area (TPSA) is 96.4 Å². The van der Waals surface area contributed by atoms with Gasteiger partial charge in [0.15, 0.2) is 5.82 Å². The minimum absolute atomic E-state index is 0.0384. The van der Waals surface area contributed by atoms with Crippen LogP contribution in [0.15, 0.2) is 36.5 Å². The molecule has 286 valence electrons. The van der Waals surface area contributed by atoms with Crippen LogP contribution in [0, 0.1) is 5.82 Å². The second kappa shape index (κ2) is 13.6. The molecule has 7 fully saturated rings. The Balaban J connectivity index is 0.964. The molecule has 1 spiro atoms.